The van der Waals surface area contributed by atoms with Crippen molar-refractivity contribution in [1.82, 2.24) is 5.43 Å². The maximum atomic E-state index is 5.15. The second-order valence-corrected chi connectivity index (χ2v) is 5.73. The van der Waals surface area contributed by atoms with E-state index >= 15 is 0 Å². The minimum atomic E-state index is 0.444. The highest BCUT2D eigenvalue weighted by atomic mass is 32.1. The third-order valence-electron chi connectivity index (χ3n) is 2.47. The van der Waals surface area contributed by atoms with E-state index < -0.39 is 0 Å². The lowest BCUT2D eigenvalue weighted by Crippen LogP contribution is -2.23. The van der Waals surface area contributed by atoms with Crippen molar-refractivity contribution in [3.63, 3.8) is 0 Å². The van der Waals surface area contributed by atoms with Crippen molar-refractivity contribution >= 4 is 40.6 Å². The van der Waals surface area contributed by atoms with Gasteiger partial charge in [-0.3, -0.25) is 5.43 Å². The Morgan fingerprint density at radius 1 is 1.25 bits per heavy atom. The van der Waals surface area contributed by atoms with Gasteiger partial charge in [-0.15, -0.1) is 11.3 Å². The van der Waals surface area contributed by atoms with Crippen molar-refractivity contribution in [3.8, 4) is 5.75 Å². The van der Waals surface area contributed by atoms with Crippen LogP contribution in [0.2, 0.25) is 0 Å². The van der Waals surface area contributed by atoms with E-state index in [0.29, 0.717) is 5.11 Å². The lowest BCUT2D eigenvalue weighted by atomic mass is 10.3. The van der Waals surface area contributed by atoms with E-state index in [1.54, 1.807) is 24.7 Å². The fraction of sp³-hybridized carbons (Fsp3) is 0.143. The molecule has 0 fully saturated rings. The molecule has 0 unspecified atom stereocenters. The highest BCUT2D eigenvalue weighted by molar-refractivity contribution is 7.80. The van der Waals surface area contributed by atoms with E-state index in [9.17, 15) is 0 Å². The van der Waals surface area contributed by atoms with Gasteiger partial charge < -0.3 is 10.1 Å². The van der Waals surface area contributed by atoms with Crippen LogP contribution in [0.5, 0.6) is 5.75 Å². The van der Waals surface area contributed by atoms with Gasteiger partial charge in [0.25, 0.3) is 0 Å². The van der Waals surface area contributed by atoms with Gasteiger partial charge in [-0.05, 0) is 55.5 Å². The van der Waals surface area contributed by atoms with Crippen molar-refractivity contribution < 1.29 is 4.74 Å². The second-order valence-electron chi connectivity index (χ2n) is 4.00. The number of hydrogen-bond donors (Lipinski definition) is 2. The summed E-state index contributed by atoms with van der Waals surface area (Å²) >= 11 is 6.83. The molecule has 0 saturated carbocycles. The molecule has 4 nitrogen and oxygen atoms in total. The quantitative estimate of drug-likeness (QED) is 0.516. The lowest BCUT2D eigenvalue weighted by molar-refractivity contribution is 0.415. The van der Waals surface area contributed by atoms with Crippen LogP contribution in [-0.2, 0) is 0 Å². The van der Waals surface area contributed by atoms with Gasteiger partial charge in [-0.25, -0.2) is 0 Å². The molecule has 0 radical (unpaired) electrons. The fourth-order valence-electron chi connectivity index (χ4n) is 1.51. The topological polar surface area (TPSA) is 45.6 Å². The first-order chi connectivity index (χ1) is 9.67. The first kappa shape index (κ1) is 14.5. The minimum Gasteiger partial charge on any atom is -0.497 e. The molecule has 0 amide bonds. The van der Waals surface area contributed by atoms with Crippen LogP contribution < -0.4 is 15.5 Å². The molecule has 1 aromatic carbocycles. The standard InChI is InChI=1S/C14H15N3OS2/c1-10-3-8-13(20-10)9-15-17-14(19)16-11-4-6-12(18-2)7-5-11/h3-9H,1-2H3,(H2,16,17,19)/b15-9-. The Balaban J connectivity index is 1.84. The zero-order valence-corrected chi connectivity index (χ0v) is 12.8. The number of thiophene rings is 1. The Morgan fingerprint density at radius 3 is 2.60 bits per heavy atom. The van der Waals surface area contributed by atoms with Crippen LogP contribution in [0.25, 0.3) is 0 Å². The third-order valence-corrected chi connectivity index (χ3v) is 3.60. The second kappa shape index (κ2) is 7.02. The lowest BCUT2D eigenvalue weighted by Gasteiger charge is -2.07. The number of aryl methyl sites for hydroxylation is 1. The molecule has 6 heteroatoms. The zero-order chi connectivity index (χ0) is 14.4. The molecular weight excluding hydrogens is 290 g/mol. The normalized spacial score (nSPS) is 10.5. The Bertz CT molecular complexity index is 605. The number of methoxy groups -OCH3 is 1. The summed E-state index contributed by atoms with van der Waals surface area (Å²) < 4.78 is 5.09. The number of rotatable bonds is 4. The monoisotopic (exact) mass is 305 g/mol. The Morgan fingerprint density at radius 2 is 2.00 bits per heavy atom. The number of ether oxygens (including phenoxy) is 1. The van der Waals surface area contributed by atoms with E-state index in [0.717, 1.165) is 16.3 Å². The number of nitrogens with zero attached hydrogens (tertiary/aromatic N) is 1. The maximum Gasteiger partial charge on any atom is 0.191 e. The average molecular weight is 305 g/mol. The summed E-state index contributed by atoms with van der Waals surface area (Å²) in [4.78, 5) is 2.34. The SMILES string of the molecule is COc1ccc(NC(=S)N/N=C\c2ccc(C)s2)cc1. The van der Waals surface area contributed by atoms with E-state index in [-0.39, 0.29) is 0 Å². The number of thiocarbonyl (C=S) groups is 1. The summed E-state index contributed by atoms with van der Waals surface area (Å²) in [5.41, 5.74) is 3.66. The molecule has 0 spiro atoms. The van der Waals surface area contributed by atoms with Gasteiger partial charge in [0.05, 0.1) is 13.3 Å². The smallest absolute Gasteiger partial charge is 0.191 e. The highest BCUT2D eigenvalue weighted by Gasteiger charge is 1.97. The van der Waals surface area contributed by atoms with Gasteiger partial charge in [0.2, 0.25) is 0 Å². The summed E-state index contributed by atoms with van der Waals surface area (Å²) in [7, 11) is 1.63. The molecule has 0 atom stereocenters. The Labute approximate surface area is 127 Å². The molecule has 2 rings (SSSR count). The number of hydrogen-bond acceptors (Lipinski definition) is 4. The molecule has 104 valence electrons. The number of anilines is 1. The molecule has 0 aliphatic carbocycles. The van der Waals surface area contributed by atoms with Gasteiger partial charge in [0.1, 0.15) is 5.75 Å². The number of benzene rings is 1. The molecule has 2 N–H and O–H groups in total. The molecule has 0 aliphatic heterocycles. The predicted molar refractivity (Wildman–Crippen MR) is 89.0 cm³/mol. The molecule has 20 heavy (non-hydrogen) atoms. The van der Waals surface area contributed by atoms with Crippen LogP contribution in [-0.4, -0.2) is 18.4 Å². The maximum absolute atomic E-state index is 5.15. The van der Waals surface area contributed by atoms with Crippen LogP contribution in [0, 0.1) is 6.92 Å². The largest absolute Gasteiger partial charge is 0.497 e. The predicted octanol–water partition coefficient (Wildman–Crippen LogP) is 3.39. The van der Waals surface area contributed by atoms with Crippen LogP contribution in [0.1, 0.15) is 9.75 Å². The molecule has 0 saturated heterocycles. The number of nitrogens with one attached hydrogen (secondary N) is 2. The van der Waals surface area contributed by atoms with Crippen molar-refractivity contribution in [2.75, 3.05) is 12.4 Å². The van der Waals surface area contributed by atoms with E-state index in [1.807, 2.05) is 30.3 Å². The van der Waals surface area contributed by atoms with Gasteiger partial charge >= 0.3 is 0 Å². The molecule has 0 bridgehead atoms. The third kappa shape index (κ3) is 4.32. The number of hydrazone groups is 1. The van der Waals surface area contributed by atoms with Gasteiger partial charge in [-0.2, -0.15) is 5.10 Å². The summed E-state index contributed by atoms with van der Waals surface area (Å²) in [6, 6.07) is 11.6. The summed E-state index contributed by atoms with van der Waals surface area (Å²) in [6.45, 7) is 2.06. The summed E-state index contributed by atoms with van der Waals surface area (Å²) in [5, 5.41) is 7.58. The van der Waals surface area contributed by atoms with Crippen molar-refractivity contribution in [2.45, 2.75) is 6.92 Å². The molecule has 1 heterocycles. The Hall–Kier alpha value is -1.92. The van der Waals surface area contributed by atoms with Crippen LogP contribution in [0.15, 0.2) is 41.5 Å². The van der Waals surface area contributed by atoms with Gasteiger partial charge in [0, 0.05) is 15.4 Å². The molecule has 0 aliphatic rings. The van der Waals surface area contributed by atoms with E-state index in [1.165, 1.54) is 4.88 Å². The van der Waals surface area contributed by atoms with Crippen molar-refractivity contribution in [2.24, 2.45) is 5.10 Å². The fourth-order valence-corrected chi connectivity index (χ4v) is 2.43. The zero-order valence-electron chi connectivity index (χ0n) is 11.2. The molecule has 1 aromatic heterocycles. The molecular formula is C14H15N3OS2. The van der Waals surface area contributed by atoms with E-state index in [4.69, 9.17) is 17.0 Å². The van der Waals surface area contributed by atoms with Crippen LogP contribution in [0.4, 0.5) is 5.69 Å². The summed E-state index contributed by atoms with van der Waals surface area (Å²) in [5.74, 6) is 0.806. The van der Waals surface area contributed by atoms with Crippen molar-refractivity contribution in [3.05, 3.63) is 46.2 Å². The minimum absolute atomic E-state index is 0.444. The highest BCUT2D eigenvalue weighted by Crippen LogP contribution is 2.15. The first-order valence-corrected chi connectivity index (χ1v) is 7.20. The first-order valence-electron chi connectivity index (χ1n) is 5.98. The van der Waals surface area contributed by atoms with Gasteiger partial charge in [-0.1, -0.05) is 0 Å². The van der Waals surface area contributed by atoms with E-state index in [2.05, 4.69) is 28.8 Å². The van der Waals surface area contributed by atoms with Crippen LogP contribution in [0.3, 0.4) is 0 Å². The van der Waals surface area contributed by atoms with Gasteiger partial charge in [0.15, 0.2) is 5.11 Å². The Kier molecular flexibility index (Phi) is 5.09. The molecule has 2 aromatic rings. The van der Waals surface area contributed by atoms with Crippen molar-refractivity contribution in [1.29, 1.82) is 0 Å². The average Bonchev–Trinajstić information content (AvgIpc) is 2.85. The summed E-state index contributed by atoms with van der Waals surface area (Å²) in [6.07, 6.45) is 1.75. The van der Waals surface area contributed by atoms with Crippen LogP contribution >= 0.6 is 23.6 Å².